The predicted octanol–water partition coefficient (Wildman–Crippen LogP) is 2.02. The van der Waals surface area contributed by atoms with Gasteiger partial charge in [-0.1, -0.05) is 0 Å². The van der Waals surface area contributed by atoms with Crippen LogP contribution in [0.5, 0.6) is 5.75 Å². The largest absolute Gasteiger partial charge is 0.497 e. The van der Waals surface area contributed by atoms with Crippen molar-refractivity contribution >= 4 is 21.1 Å². The van der Waals surface area contributed by atoms with Gasteiger partial charge in [0.2, 0.25) is 10.0 Å². The highest BCUT2D eigenvalue weighted by atomic mass is 32.2. The molecule has 6 nitrogen and oxygen atoms in total. The van der Waals surface area contributed by atoms with Crippen LogP contribution in [-0.2, 0) is 16.6 Å². The second-order valence-corrected chi connectivity index (χ2v) is 6.70. The summed E-state index contributed by atoms with van der Waals surface area (Å²) in [7, 11) is -2.66. The van der Waals surface area contributed by atoms with E-state index in [0.29, 0.717) is 28.9 Å². The topological polar surface area (TPSA) is 87.2 Å². The molecule has 0 amide bonds. The van der Waals surface area contributed by atoms with Gasteiger partial charge >= 0.3 is 0 Å². The van der Waals surface area contributed by atoms with Crippen LogP contribution in [0.25, 0.3) is 11.0 Å². The number of fused-ring (bicyclic) bond motifs is 1. The normalized spacial score (nSPS) is 11.8. The van der Waals surface area contributed by atoms with Gasteiger partial charge < -0.3 is 9.30 Å². The van der Waals surface area contributed by atoms with Crippen molar-refractivity contribution in [2.75, 3.05) is 7.11 Å². The van der Waals surface area contributed by atoms with E-state index in [2.05, 4.69) is 4.98 Å². The summed E-state index contributed by atoms with van der Waals surface area (Å²) in [5.74, 6) is -1.37. The van der Waals surface area contributed by atoms with Crippen LogP contribution < -0.4 is 9.88 Å². The Morgan fingerprint density at radius 1 is 1.21 bits per heavy atom. The van der Waals surface area contributed by atoms with E-state index in [9.17, 15) is 17.2 Å². The first-order valence-electron chi connectivity index (χ1n) is 6.79. The van der Waals surface area contributed by atoms with Crippen molar-refractivity contribution in [1.82, 2.24) is 9.55 Å². The monoisotopic (exact) mass is 353 g/mol. The van der Waals surface area contributed by atoms with E-state index < -0.39 is 26.6 Å². The number of imidazole rings is 1. The molecule has 2 N–H and O–H groups in total. The summed E-state index contributed by atoms with van der Waals surface area (Å²) in [5, 5.41) is 4.89. The zero-order valence-electron chi connectivity index (χ0n) is 12.5. The highest BCUT2D eigenvalue weighted by molar-refractivity contribution is 7.89. The van der Waals surface area contributed by atoms with Crippen molar-refractivity contribution in [3.05, 3.63) is 53.9 Å². The lowest BCUT2D eigenvalue weighted by atomic mass is 10.2. The summed E-state index contributed by atoms with van der Waals surface area (Å²) in [6.07, 6.45) is 1.44. The Kier molecular flexibility index (Phi) is 3.98. The van der Waals surface area contributed by atoms with Crippen LogP contribution in [-0.4, -0.2) is 25.1 Å². The van der Waals surface area contributed by atoms with Gasteiger partial charge in [-0.25, -0.2) is 27.3 Å². The number of benzene rings is 2. The van der Waals surface area contributed by atoms with Gasteiger partial charge in [-0.2, -0.15) is 0 Å². The molecule has 24 heavy (non-hydrogen) atoms. The summed E-state index contributed by atoms with van der Waals surface area (Å²) >= 11 is 0. The number of aromatic nitrogens is 2. The smallest absolute Gasteiger partial charge is 0.238 e. The average Bonchev–Trinajstić information content (AvgIpc) is 2.91. The molecule has 0 radical (unpaired) electrons. The zero-order valence-corrected chi connectivity index (χ0v) is 13.3. The van der Waals surface area contributed by atoms with E-state index in [1.165, 1.54) is 13.4 Å². The van der Waals surface area contributed by atoms with E-state index in [0.717, 1.165) is 0 Å². The van der Waals surface area contributed by atoms with Gasteiger partial charge in [0.15, 0.2) is 0 Å². The number of sulfonamides is 1. The van der Waals surface area contributed by atoms with Crippen LogP contribution in [0.3, 0.4) is 0 Å². The van der Waals surface area contributed by atoms with Crippen molar-refractivity contribution in [2.45, 2.75) is 11.4 Å². The lowest BCUT2D eigenvalue weighted by Gasteiger charge is -2.09. The average molecular weight is 353 g/mol. The van der Waals surface area contributed by atoms with Crippen LogP contribution in [0, 0.1) is 11.6 Å². The molecule has 0 aliphatic carbocycles. The fourth-order valence-electron chi connectivity index (χ4n) is 2.36. The van der Waals surface area contributed by atoms with Gasteiger partial charge in [0.25, 0.3) is 0 Å². The quantitative estimate of drug-likeness (QED) is 0.777. The maximum absolute atomic E-state index is 14.1. The molecule has 0 fully saturated rings. The highest BCUT2D eigenvalue weighted by Crippen LogP contribution is 2.23. The highest BCUT2D eigenvalue weighted by Gasteiger charge is 2.18. The number of hydrogen-bond acceptors (Lipinski definition) is 4. The summed E-state index contributed by atoms with van der Waals surface area (Å²) < 4.78 is 57.4. The van der Waals surface area contributed by atoms with Gasteiger partial charge in [-0.15, -0.1) is 0 Å². The Labute approximate surface area is 136 Å². The molecule has 1 aromatic heterocycles. The van der Waals surface area contributed by atoms with E-state index >= 15 is 0 Å². The molecule has 1 heterocycles. The fourth-order valence-corrected chi connectivity index (χ4v) is 2.90. The van der Waals surface area contributed by atoms with Crippen molar-refractivity contribution < 1.29 is 21.9 Å². The minimum Gasteiger partial charge on any atom is -0.497 e. The molecule has 0 unspecified atom stereocenters. The zero-order chi connectivity index (χ0) is 17.5. The maximum Gasteiger partial charge on any atom is 0.238 e. The number of methoxy groups -OCH3 is 1. The van der Waals surface area contributed by atoms with Gasteiger partial charge in [0.1, 0.15) is 17.4 Å². The number of hydrogen-bond donors (Lipinski definition) is 1. The Morgan fingerprint density at radius 2 is 1.88 bits per heavy atom. The predicted molar refractivity (Wildman–Crippen MR) is 83.1 cm³/mol. The van der Waals surface area contributed by atoms with Gasteiger partial charge in [0, 0.05) is 11.6 Å². The molecule has 9 heteroatoms. The van der Waals surface area contributed by atoms with Crippen LogP contribution in [0.4, 0.5) is 8.78 Å². The minimum atomic E-state index is -4.18. The third kappa shape index (κ3) is 2.95. The standard InChI is InChI=1S/C15H13F2N3O3S/c1-23-9-2-3-15-14(4-9)19-8-20(15)7-11-12(16)5-10(6-13(11)17)24(18,21)22/h2-6,8H,7H2,1H3,(H2,18,21,22). The molecule has 0 saturated heterocycles. The van der Waals surface area contributed by atoms with Gasteiger partial charge in [-0.05, 0) is 24.3 Å². The number of rotatable bonds is 4. The van der Waals surface area contributed by atoms with Crippen LogP contribution in [0.1, 0.15) is 5.56 Å². The molecule has 3 aromatic rings. The minimum absolute atomic E-state index is 0.147. The van der Waals surface area contributed by atoms with Gasteiger partial charge in [0.05, 0.1) is 35.9 Å². The van der Waals surface area contributed by atoms with E-state index in [1.54, 1.807) is 22.8 Å². The van der Waals surface area contributed by atoms with Crippen molar-refractivity contribution in [1.29, 1.82) is 0 Å². The Balaban J connectivity index is 2.03. The number of nitrogens with zero attached hydrogens (tertiary/aromatic N) is 2. The second kappa shape index (κ2) is 5.84. The Morgan fingerprint density at radius 3 is 2.46 bits per heavy atom. The van der Waals surface area contributed by atoms with Crippen LogP contribution in [0.15, 0.2) is 41.6 Å². The van der Waals surface area contributed by atoms with E-state index in [4.69, 9.17) is 9.88 Å². The SMILES string of the molecule is COc1ccc2c(c1)ncn2Cc1c(F)cc(S(N)(=O)=O)cc1F. The number of nitrogens with two attached hydrogens (primary N) is 1. The maximum atomic E-state index is 14.1. The Bertz CT molecular complexity index is 1010. The van der Waals surface area contributed by atoms with Crippen molar-refractivity contribution in [2.24, 2.45) is 5.14 Å². The summed E-state index contributed by atoms with van der Waals surface area (Å²) in [4.78, 5) is 3.55. The lowest BCUT2D eigenvalue weighted by Crippen LogP contribution is -2.14. The first kappa shape index (κ1) is 16.3. The molecule has 0 spiro atoms. The van der Waals surface area contributed by atoms with Crippen LogP contribution >= 0.6 is 0 Å². The van der Waals surface area contributed by atoms with Gasteiger partial charge in [-0.3, -0.25) is 0 Å². The molecule has 126 valence electrons. The third-order valence-electron chi connectivity index (χ3n) is 3.60. The molecule has 0 aliphatic rings. The molecule has 0 aliphatic heterocycles. The van der Waals surface area contributed by atoms with Crippen molar-refractivity contribution in [3.8, 4) is 5.75 Å². The molecule has 3 rings (SSSR count). The molecule has 2 aromatic carbocycles. The fraction of sp³-hybridized carbons (Fsp3) is 0.133. The number of ether oxygens (including phenoxy) is 1. The Hall–Kier alpha value is -2.52. The number of primary sulfonamides is 1. The van der Waals surface area contributed by atoms with E-state index in [1.807, 2.05) is 0 Å². The molecule has 0 bridgehead atoms. The van der Waals surface area contributed by atoms with Crippen molar-refractivity contribution in [3.63, 3.8) is 0 Å². The van der Waals surface area contributed by atoms with Crippen LogP contribution in [0.2, 0.25) is 0 Å². The third-order valence-corrected chi connectivity index (χ3v) is 4.49. The van der Waals surface area contributed by atoms with E-state index in [-0.39, 0.29) is 12.1 Å². The number of halogens is 2. The molecule has 0 saturated carbocycles. The molecular formula is C15H13F2N3O3S. The summed E-state index contributed by atoms with van der Waals surface area (Å²) in [6, 6.07) is 6.53. The summed E-state index contributed by atoms with van der Waals surface area (Å²) in [6.45, 7) is -0.147. The first-order chi connectivity index (χ1) is 11.3. The molecular weight excluding hydrogens is 340 g/mol. The summed E-state index contributed by atoms with van der Waals surface area (Å²) in [5.41, 5.74) is 0.985. The lowest BCUT2D eigenvalue weighted by molar-refractivity contribution is 0.415. The first-order valence-corrected chi connectivity index (χ1v) is 8.34. The second-order valence-electron chi connectivity index (χ2n) is 5.14. The molecule has 0 atom stereocenters.